The molecule has 6 nitrogen and oxygen atoms in total. The zero-order valence-corrected chi connectivity index (χ0v) is 10.2. The van der Waals surface area contributed by atoms with Gasteiger partial charge in [-0.2, -0.15) is 5.10 Å². The fraction of sp³-hybridized carbons (Fsp3) is 0.636. The Balaban J connectivity index is 1.89. The standard InChI is InChI=1S/C11H18N4O2/c1-7-11(8(2)14-13-7)12-10(17)6-15-4-3-9(16)5-15/h9,16H,3-6H2,1-2H3,(H,12,17)(H,13,14)/t9-/m0/s1. The summed E-state index contributed by atoms with van der Waals surface area (Å²) < 4.78 is 0. The first-order valence-corrected chi connectivity index (χ1v) is 5.78. The van der Waals surface area contributed by atoms with Crippen molar-refractivity contribution in [3.05, 3.63) is 11.4 Å². The van der Waals surface area contributed by atoms with Crippen LogP contribution in [0.15, 0.2) is 0 Å². The number of β-amino-alcohol motifs (C(OH)–C–C–N with tert-alkyl or cyclic N) is 1. The first-order valence-electron chi connectivity index (χ1n) is 5.78. The molecule has 1 saturated heterocycles. The van der Waals surface area contributed by atoms with Crippen LogP contribution < -0.4 is 5.32 Å². The highest BCUT2D eigenvalue weighted by Gasteiger charge is 2.22. The topological polar surface area (TPSA) is 81.2 Å². The molecule has 3 N–H and O–H groups in total. The largest absolute Gasteiger partial charge is 0.392 e. The Morgan fingerprint density at radius 2 is 2.41 bits per heavy atom. The highest BCUT2D eigenvalue weighted by molar-refractivity contribution is 5.93. The summed E-state index contributed by atoms with van der Waals surface area (Å²) in [6, 6.07) is 0. The molecule has 1 atom stereocenters. The maximum Gasteiger partial charge on any atom is 0.238 e. The van der Waals surface area contributed by atoms with Crippen molar-refractivity contribution in [1.29, 1.82) is 0 Å². The first kappa shape index (κ1) is 12.1. The van der Waals surface area contributed by atoms with E-state index in [9.17, 15) is 9.90 Å². The van der Waals surface area contributed by atoms with E-state index in [4.69, 9.17) is 0 Å². The number of carbonyl (C=O) groups excluding carboxylic acids is 1. The maximum atomic E-state index is 11.8. The van der Waals surface area contributed by atoms with Crippen molar-refractivity contribution in [3.8, 4) is 0 Å². The Bertz CT molecular complexity index is 396. The predicted octanol–water partition coefficient (Wildman–Crippen LogP) is 0.0316. The van der Waals surface area contributed by atoms with Gasteiger partial charge in [0, 0.05) is 13.1 Å². The van der Waals surface area contributed by atoms with Gasteiger partial charge >= 0.3 is 0 Å². The number of rotatable bonds is 3. The van der Waals surface area contributed by atoms with Gasteiger partial charge in [0.2, 0.25) is 5.91 Å². The molecule has 2 heterocycles. The highest BCUT2D eigenvalue weighted by atomic mass is 16.3. The van der Waals surface area contributed by atoms with Crippen LogP contribution in [0.5, 0.6) is 0 Å². The SMILES string of the molecule is Cc1n[nH]c(C)c1NC(=O)CN1CC[C@H](O)C1. The fourth-order valence-electron chi connectivity index (χ4n) is 2.07. The van der Waals surface area contributed by atoms with Crippen LogP contribution in [0, 0.1) is 13.8 Å². The van der Waals surface area contributed by atoms with E-state index in [2.05, 4.69) is 15.5 Å². The van der Waals surface area contributed by atoms with Gasteiger partial charge in [0.05, 0.1) is 29.7 Å². The van der Waals surface area contributed by atoms with E-state index in [1.54, 1.807) is 0 Å². The maximum absolute atomic E-state index is 11.8. The van der Waals surface area contributed by atoms with Crippen molar-refractivity contribution in [2.24, 2.45) is 0 Å². The highest BCUT2D eigenvalue weighted by Crippen LogP contribution is 2.16. The third-order valence-electron chi connectivity index (χ3n) is 3.01. The molecule has 1 aromatic heterocycles. The van der Waals surface area contributed by atoms with Crippen LogP contribution in [0.4, 0.5) is 5.69 Å². The Morgan fingerprint density at radius 3 is 2.94 bits per heavy atom. The summed E-state index contributed by atoms with van der Waals surface area (Å²) in [5.41, 5.74) is 2.41. The Labute approximate surface area is 100 Å². The molecule has 0 saturated carbocycles. The third-order valence-corrected chi connectivity index (χ3v) is 3.01. The minimum absolute atomic E-state index is 0.0632. The van der Waals surface area contributed by atoms with E-state index in [0.29, 0.717) is 13.1 Å². The van der Waals surface area contributed by atoms with E-state index >= 15 is 0 Å². The molecular formula is C11H18N4O2. The molecule has 0 unspecified atom stereocenters. The van der Waals surface area contributed by atoms with Crippen molar-refractivity contribution in [3.63, 3.8) is 0 Å². The van der Waals surface area contributed by atoms with Crippen molar-refractivity contribution in [1.82, 2.24) is 15.1 Å². The number of aromatic amines is 1. The number of aryl methyl sites for hydroxylation is 2. The molecule has 1 fully saturated rings. The molecule has 0 spiro atoms. The third kappa shape index (κ3) is 2.83. The van der Waals surface area contributed by atoms with E-state index < -0.39 is 0 Å². The molecule has 1 aromatic rings. The number of hydrogen-bond donors (Lipinski definition) is 3. The zero-order chi connectivity index (χ0) is 12.4. The summed E-state index contributed by atoms with van der Waals surface area (Å²) in [6.45, 7) is 5.39. The lowest BCUT2D eigenvalue weighted by Gasteiger charge is -2.14. The number of anilines is 1. The second-order valence-electron chi connectivity index (χ2n) is 4.53. The molecule has 2 rings (SSSR count). The molecular weight excluding hydrogens is 220 g/mol. The van der Waals surface area contributed by atoms with Crippen molar-refractivity contribution in [2.45, 2.75) is 26.4 Å². The van der Waals surface area contributed by atoms with Crippen molar-refractivity contribution < 1.29 is 9.90 Å². The fourth-order valence-corrected chi connectivity index (χ4v) is 2.07. The smallest absolute Gasteiger partial charge is 0.238 e. The lowest BCUT2D eigenvalue weighted by Crippen LogP contribution is -2.32. The molecule has 0 bridgehead atoms. The Kier molecular flexibility index (Phi) is 3.44. The number of aliphatic hydroxyl groups is 1. The first-order chi connectivity index (χ1) is 8.06. The zero-order valence-electron chi connectivity index (χ0n) is 10.2. The van der Waals surface area contributed by atoms with Gasteiger partial charge in [-0.1, -0.05) is 0 Å². The van der Waals surface area contributed by atoms with Gasteiger partial charge in [0.15, 0.2) is 0 Å². The molecule has 0 radical (unpaired) electrons. The van der Waals surface area contributed by atoms with Gasteiger partial charge in [0.1, 0.15) is 0 Å². The van der Waals surface area contributed by atoms with Gasteiger partial charge in [-0.25, -0.2) is 0 Å². The number of likely N-dealkylation sites (tertiary alicyclic amines) is 1. The monoisotopic (exact) mass is 238 g/mol. The van der Waals surface area contributed by atoms with Crippen LogP contribution in [-0.4, -0.2) is 51.8 Å². The van der Waals surface area contributed by atoms with E-state index in [1.165, 1.54) is 0 Å². The normalized spacial score (nSPS) is 20.8. The van der Waals surface area contributed by atoms with E-state index in [1.807, 2.05) is 18.7 Å². The van der Waals surface area contributed by atoms with E-state index in [-0.39, 0.29) is 12.0 Å². The van der Waals surface area contributed by atoms with Gasteiger partial charge in [-0.05, 0) is 20.3 Å². The van der Waals surface area contributed by atoms with Crippen LogP contribution in [-0.2, 0) is 4.79 Å². The van der Waals surface area contributed by atoms with Gasteiger partial charge in [0.25, 0.3) is 0 Å². The average Bonchev–Trinajstić information content (AvgIpc) is 2.79. The summed E-state index contributed by atoms with van der Waals surface area (Å²) in [4.78, 5) is 13.8. The molecule has 17 heavy (non-hydrogen) atoms. The Hall–Kier alpha value is -1.40. The molecule has 1 aliphatic rings. The van der Waals surface area contributed by atoms with Gasteiger partial charge in [-0.3, -0.25) is 14.8 Å². The molecule has 1 amide bonds. The summed E-state index contributed by atoms with van der Waals surface area (Å²) >= 11 is 0. The lowest BCUT2D eigenvalue weighted by atomic mass is 10.3. The molecule has 1 aliphatic heterocycles. The van der Waals surface area contributed by atoms with Crippen LogP contribution in [0.1, 0.15) is 17.8 Å². The number of aromatic nitrogens is 2. The van der Waals surface area contributed by atoms with Crippen LogP contribution in [0.2, 0.25) is 0 Å². The molecule has 94 valence electrons. The number of nitrogens with one attached hydrogen (secondary N) is 2. The summed E-state index contributed by atoms with van der Waals surface area (Å²) in [7, 11) is 0. The number of amides is 1. The van der Waals surface area contributed by atoms with Crippen molar-refractivity contribution in [2.75, 3.05) is 25.0 Å². The van der Waals surface area contributed by atoms with Crippen LogP contribution in [0.25, 0.3) is 0 Å². The number of H-pyrrole nitrogens is 1. The summed E-state index contributed by atoms with van der Waals surface area (Å²) in [5, 5.41) is 19.1. The lowest BCUT2D eigenvalue weighted by molar-refractivity contribution is -0.117. The summed E-state index contributed by atoms with van der Waals surface area (Å²) in [5.74, 6) is -0.0632. The van der Waals surface area contributed by atoms with Gasteiger partial charge in [-0.15, -0.1) is 0 Å². The molecule has 6 heteroatoms. The van der Waals surface area contributed by atoms with E-state index in [0.717, 1.165) is 30.0 Å². The van der Waals surface area contributed by atoms with Crippen molar-refractivity contribution >= 4 is 11.6 Å². The number of aliphatic hydroxyl groups excluding tert-OH is 1. The number of carbonyl (C=O) groups is 1. The molecule has 0 aromatic carbocycles. The van der Waals surface area contributed by atoms with Crippen LogP contribution in [0.3, 0.4) is 0 Å². The molecule has 0 aliphatic carbocycles. The number of nitrogens with zero attached hydrogens (tertiary/aromatic N) is 2. The van der Waals surface area contributed by atoms with Gasteiger partial charge < -0.3 is 10.4 Å². The predicted molar refractivity (Wildman–Crippen MR) is 63.8 cm³/mol. The number of hydrogen-bond acceptors (Lipinski definition) is 4. The summed E-state index contributed by atoms with van der Waals surface area (Å²) in [6.07, 6.45) is 0.456. The minimum Gasteiger partial charge on any atom is -0.392 e. The quantitative estimate of drug-likeness (QED) is 0.694. The second kappa shape index (κ2) is 4.85. The van der Waals surface area contributed by atoms with Crippen LogP contribution >= 0.6 is 0 Å². The average molecular weight is 238 g/mol. The second-order valence-corrected chi connectivity index (χ2v) is 4.53. The minimum atomic E-state index is -0.291. The Morgan fingerprint density at radius 1 is 1.65 bits per heavy atom.